The van der Waals surface area contributed by atoms with Crippen LogP contribution >= 0.6 is 0 Å². The highest BCUT2D eigenvalue weighted by molar-refractivity contribution is 5.76. The Balaban J connectivity index is 2.20. The van der Waals surface area contributed by atoms with Crippen molar-refractivity contribution in [3.8, 4) is 0 Å². The molecule has 0 saturated carbocycles. The van der Waals surface area contributed by atoms with Gasteiger partial charge in [0.2, 0.25) is 5.91 Å². The Labute approximate surface area is 90.3 Å². The first kappa shape index (κ1) is 11.6. The molecule has 4 nitrogen and oxygen atoms in total. The fraction of sp³-hybridized carbons (Fsp3) is 0.545. The SMILES string of the molecule is CCCNC(=O)CCN1C=C(O)C=CC1. The van der Waals surface area contributed by atoms with Gasteiger partial charge in [0.25, 0.3) is 0 Å². The molecule has 1 rings (SSSR count). The molecule has 84 valence electrons. The standard InChI is InChI=1S/C11H18N2O2/c1-2-6-12-11(15)5-8-13-7-3-4-10(14)9-13/h3-4,9,14H,2,5-8H2,1H3,(H,12,15). The number of amides is 1. The van der Waals surface area contributed by atoms with Crippen LogP contribution in [-0.4, -0.2) is 35.5 Å². The lowest BCUT2D eigenvalue weighted by atomic mass is 10.3. The maximum Gasteiger partial charge on any atom is 0.221 e. The number of nitrogens with zero attached hydrogens (tertiary/aromatic N) is 1. The number of aliphatic hydroxyl groups is 1. The highest BCUT2D eigenvalue weighted by atomic mass is 16.3. The van der Waals surface area contributed by atoms with E-state index in [1.54, 1.807) is 12.3 Å². The van der Waals surface area contributed by atoms with Crippen molar-refractivity contribution in [1.29, 1.82) is 0 Å². The number of hydrogen-bond donors (Lipinski definition) is 2. The topological polar surface area (TPSA) is 52.6 Å². The number of carbonyl (C=O) groups excluding carboxylic acids is 1. The molecule has 1 amide bonds. The molecule has 0 fully saturated rings. The predicted octanol–water partition coefficient (Wildman–Crippen LogP) is 1.17. The fourth-order valence-electron chi connectivity index (χ4n) is 1.35. The Morgan fingerprint density at radius 1 is 1.67 bits per heavy atom. The first-order valence-electron chi connectivity index (χ1n) is 5.30. The van der Waals surface area contributed by atoms with Gasteiger partial charge in [-0.2, -0.15) is 0 Å². The van der Waals surface area contributed by atoms with Crippen LogP contribution in [0.3, 0.4) is 0 Å². The minimum Gasteiger partial charge on any atom is -0.506 e. The molecular weight excluding hydrogens is 192 g/mol. The van der Waals surface area contributed by atoms with Crippen molar-refractivity contribution in [3.05, 3.63) is 24.1 Å². The molecule has 0 unspecified atom stereocenters. The van der Waals surface area contributed by atoms with Gasteiger partial charge in [0, 0.05) is 32.3 Å². The minimum atomic E-state index is 0.0688. The van der Waals surface area contributed by atoms with Crippen LogP contribution in [0.25, 0.3) is 0 Å². The van der Waals surface area contributed by atoms with E-state index in [1.807, 2.05) is 17.9 Å². The zero-order valence-electron chi connectivity index (χ0n) is 9.07. The van der Waals surface area contributed by atoms with Crippen molar-refractivity contribution in [3.63, 3.8) is 0 Å². The van der Waals surface area contributed by atoms with E-state index in [2.05, 4.69) is 5.32 Å². The van der Waals surface area contributed by atoms with Gasteiger partial charge in [-0.3, -0.25) is 4.79 Å². The molecule has 0 radical (unpaired) electrons. The molecule has 4 heteroatoms. The van der Waals surface area contributed by atoms with Gasteiger partial charge < -0.3 is 15.3 Å². The molecule has 0 aromatic heterocycles. The Kier molecular flexibility index (Phi) is 4.74. The third-order valence-corrected chi connectivity index (χ3v) is 2.14. The number of aliphatic hydroxyl groups excluding tert-OH is 1. The third kappa shape index (κ3) is 4.54. The molecule has 1 aliphatic heterocycles. The lowest BCUT2D eigenvalue weighted by Gasteiger charge is -2.20. The van der Waals surface area contributed by atoms with Crippen LogP contribution in [0.5, 0.6) is 0 Å². The molecule has 0 aromatic rings. The largest absolute Gasteiger partial charge is 0.506 e. The minimum absolute atomic E-state index is 0.0688. The highest BCUT2D eigenvalue weighted by Gasteiger charge is 2.06. The fourth-order valence-corrected chi connectivity index (χ4v) is 1.35. The second-order valence-corrected chi connectivity index (χ2v) is 3.55. The summed E-state index contributed by atoms with van der Waals surface area (Å²) in [6.45, 7) is 4.16. The number of hydrogen-bond acceptors (Lipinski definition) is 3. The Morgan fingerprint density at radius 3 is 3.13 bits per heavy atom. The first-order valence-corrected chi connectivity index (χ1v) is 5.30. The maximum atomic E-state index is 11.3. The van der Waals surface area contributed by atoms with Gasteiger partial charge in [-0.1, -0.05) is 13.0 Å². The second-order valence-electron chi connectivity index (χ2n) is 3.55. The molecule has 0 aliphatic carbocycles. The summed E-state index contributed by atoms with van der Waals surface area (Å²) in [5.41, 5.74) is 0. The summed E-state index contributed by atoms with van der Waals surface area (Å²) < 4.78 is 0. The van der Waals surface area contributed by atoms with Crippen LogP contribution in [0.1, 0.15) is 19.8 Å². The normalized spacial score (nSPS) is 15.0. The summed E-state index contributed by atoms with van der Waals surface area (Å²) in [6.07, 6.45) is 6.62. The van der Waals surface area contributed by atoms with Crippen LogP contribution in [0.2, 0.25) is 0 Å². The molecule has 0 saturated heterocycles. The van der Waals surface area contributed by atoms with Crippen LogP contribution in [0, 0.1) is 0 Å². The summed E-state index contributed by atoms with van der Waals surface area (Å²) >= 11 is 0. The molecule has 15 heavy (non-hydrogen) atoms. The van der Waals surface area contributed by atoms with Crippen molar-refractivity contribution in [1.82, 2.24) is 10.2 Å². The van der Waals surface area contributed by atoms with E-state index in [0.717, 1.165) is 19.5 Å². The second kappa shape index (κ2) is 6.11. The van der Waals surface area contributed by atoms with E-state index in [-0.39, 0.29) is 11.7 Å². The average Bonchev–Trinajstić information content (AvgIpc) is 2.23. The quantitative estimate of drug-likeness (QED) is 0.716. The molecule has 0 bridgehead atoms. The van der Waals surface area contributed by atoms with Crippen LogP contribution in [0.4, 0.5) is 0 Å². The number of rotatable bonds is 5. The summed E-state index contributed by atoms with van der Waals surface area (Å²) in [5, 5.41) is 12.0. The van der Waals surface area contributed by atoms with Crippen LogP contribution in [0.15, 0.2) is 24.1 Å². The molecule has 2 N–H and O–H groups in total. The Morgan fingerprint density at radius 2 is 2.47 bits per heavy atom. The summed E-state index contributed by atoms with van der Waals surface area (Å²) in [6, 6.07) is 0. The highest BCUT2D eigenvalue weighted by Crippen LogP contribution is 2.04. The third-order valence-electron chi connectivity index (χ3n) is 2.14. The van der Waals surface area contributed by atoms with Crippen molar-refractivity contribution in [2.75, 3.05) is 19.6 Å². The zero-order valence-corrected chi connectivity index (χ0v) is 9.07. The number of nitrogens with one attached hydrogen (secondary N) is 1. The molecule has 1 heterocycles. The van der Waals surface area contributed by atoms with E-state index >= 15 is 0 Å². The first-order chi connectivity index (χ1) is 7.22. The van der Waals surface area contributed by atoms with Crippen molar-refractivity contribution >= 4 is 5.91 Å². The van der Waals surface area contributed by atoms with Gasteiger partial charge in [0.15, 0.2) is 0 Å². The molecule has 0 aromatic carbocycles. The van der Waals surface area contributed by atoms with Crippen molar-refractivity contribution in [2.24, 2.45) is 0 Å². The maximum absolute atomic E-state index is 11.3. The molecule has 0 atom stereocenters. The van der Waals surface area contributed by atoms with Gasteiger partial charge in [-0.25, -0.2) is 0 Å². The molecule has 0 spiro atoms. The van der Waals surface area contributed by atoms with Gasteiger partial charge in [-0.05, 0) is 12.5 Å². The predicted molar refractivity (Wildman–Crippen MR) is 59.3 cm³/mol. The smallest absolute Gasteiger partial charge is 0.221 e. The molecular formula is C11H18N2O2. The van der Waals surface area contributed by atoms with E-state index in [0.29, 0.717) is 13.0 Å². The summed E-state index contributed by atoms with van der Waals surface area (Å²) in [7, 11) is 0. The van der Waals surface area contributed by atoms with E-state index in [4.69, 9.17) is 0 Å². The van der Waals surface area contributed by atoms with Crippen LogP contribution < -0.4 is 5.32 Å². The monoisotopic (exact) mass is 210 g/mol. The molecule has 1 aliphatic rings. The van der Waals surface area contributed by atoms with Crippen LogP contribution in [-0.2, 0) is 4.79 Å². The Hall–Kier alpha value is -1.45. The Bertz CT molecular complexity index is 272. The van der Waals surface area contributed by atoms with E-state index in [9.17, 15) is 9.90 Å². The lowest BCUT2D eigenvalue weighted by molar-refractivity contribution is -0.121. The zero-order chi connectivity index (χ0) is 11.1. The number of allylic oxidation sites excluding steroid dienone is 1. The average molecular weight is 210 g/mol. The lowest BCUT2D eigenvalue weighted by Crippen LogP contribution is -2.29. The van der Waals surface area contributed by atoms with Gasteiger partial charge in [-0.15, -0.1) is 0 Å². The van der Waals surface area contributed by atoms with Gasteiger partial charge in [0.1, 0.15) is 5.76 Å². The van der Waals surface area contributed by atoms with Gasteiger partial charge >= 0.3 is 0 Å². The summed E-state index contributed by atoms with van der Waals surface area (Å²) in [4.78, 5) is 13.2. The summed E-state index contributed by atoms with van der Waals surface area (Å²) in [5.74, 6) is 0.314. The number of carbonyl (C=O) groups is 1. The van der Waals surface area contributed by atoms with Crippen molar-refractivity contribution in [2.45, 2.75) is 19.8 Å². The van der Waals surface area contributed by atoms with E-state index in [1.165, 1.54) is 0 Å². The van der Waals surface area contributed by atoms with E-state index < -0.39 is 0 Å². The van der Waals surface area contributed by atoms with Crippen molar-refractivity contribution < 1.29 is 9.90 Å². The van der Waals surface area contributed by atoms with Gasteiger partial charge in [0.05, 0.1) is 0 Å².